The van der Waals surface area contributed by atoms with Crippen LogP contribution < -0.4 is 11.1 Å². The minimum absolute atomic E-state index is 0.0388. The highest BCUT2D eigenvalue weighted by atomic mass is 16.1. The number of anilines is 1. The maximum Gasteiger partial charge on any atom is 0.220 e. The molecule has 2 aromatic rings. The third-order valence-electron chi connectivity index (χ3n) is 4.01. The van der Waals surface area contributed by atoms with Gasteiger partial charge in [-0.05, 0) is 50.3 Å². The average molecular weight is 273 g/mol. The van der Waals surface area contributed by atoms with Crippen molar-refractivity contribution in [2.75, 3.05) is 5.32 Å². The second-order valence-electron chi connectivity index (χ2n) is 5.54. The van der Waals surface area contributed by atoms with E-state index in [1.807, 2.05) is 17.5 Å². The Balaban J connectivity index is 1.74. The summed E-state index contributed by atoms with van der Waals surface area (Å²) in [5, 5.41) is 7.76. The SMILES string of the molecule is Cc1cc(NC2CCC(C(N)=O)CC2)n2ncnc2c1. The van der Waals surface area contributed by atoms with Crippen LogP contribution >= 0.6 is 0 Å². The van der Waals surface area contributed by atoms with Gasteiger partial charge < -0.3 is 11.1 Å². The third kappa shape index (κ3) is 2.45. The number of amides is 1. The van der Waals surface area contributed by atoms with E-state index in [4.69, 9.17) is 5.73 Å². The first-order chi connectivity index (χ1) is 9.63. The van der Waals surface area contributed by atoms with E-state index in [2.05, 4.69) is 21.5 Å². The van der Waals surface area contributed by atoms with Crippen molar-refractivity contribution in [3.05, 3.63) is 24.0 Å². The molecule has 3 rings (SSSR count). The summed E-state index contributed by atoms with van der Waals surface area (Å²) in [6.07, 6.45) is 5.19. The Morgan fingerprint density at radius 1 is 1.35 bits per heavy atom. The number of nitrogens with zero attached hydrogens (tertiary/aromatic N) is 3. The Hall–Kier alpha value is -2.11. The van der Waals surface area contributed by atoms with Crippen LogP contribution in [0, 0.1) is 12.8 Å². The number of primary amides is 1. The van der Waals surface area contributed by atoms with Gasteiger partial charge in [-0.1, -0.05) is 0 Å². The molecule has 0 bridgehead atoms. The molecule has 1 aliphatic rings. The molecule has 3 N–H and O–H groups in total. The molecule has 6 nitrogen and oxygen atoms in total. The van der Waals surface area contributed by atoms with Crippen molar-refractivity contribution in [3.63, 3.8) is 0 Å². The molecule has 20 heavy (non-hydrogen) atoms. The smallest absolute Gasteiger partial charge is 0.220 e. The van der Waals surface area contributed by atoms with Gasteiger partial charge in [-0.15, -0.1) is 0 Å². The Labute approximate surface area is 117 Å². The molecule has 0 spiro atoms. The summed E-state index contributed by atoms with van der Waals surface area (Å²) < 4.78 is 1.81. The summed E-state index contributed by atoms with van der Waals surface area (Å²) in [6, 6.07) is 4.43. The average Bonchev–Trinajstić information content (AvgIpc) is 2.87. The Bertz CT molecular complexity index is 628. The summed E-state index contributed by atoms with van der Waals surface area (Å²) in [5.74, 6) is 0.828. The van der Waals surface area contributed by atoms with Crippen LogP contribution in [0.25, 0.3) is 5.65 Å². The fourth-order valence-electron chi connectivity index (χ4n) is 2.89. The molecule has 0 saturated heterocycles. The zero-order valence-electron chi connectivity index (χ0n) is 11.5. The topological polar surface area (TPSA) is 85.3 Å². The van der Waals surface area contributed by atoms with Crippen molar-refractivity contribution < 1.29 is 4.79 Å². The summed E-state index contributed by atoms with van der Waals surface area (Å²) in [7, 11) is 0. The van der Waals surface area contributed by atoms with Crippen LogP contribution in [0.4, 0.5) is 5.82 Å². The first kappa shape index (κ1) is 12.9. The summed E-state index contributed by atoms with van der Waals surface area (Å²) in [5.41, 5.74) is 7.36. The highest BCUT2D eigenvalue weighted by molar-refractivity contribution is 5.76. The maximum absolute atomic E-state index is 11.2. The highest BCUT2D eigenvalue weighted by Crippen LogP contribution is 2.26. The zero-order chi connectivity index (χ0) is 14.1. The normalized spacial score (nSPS) is 22.9. The van der Waals surface area contributed by atoms with Crippen molar-refractivity contribution in [1.82, 2.24) is 14.6 Å². The lowest BCUT2D eigenvalue weighted by Crippen LogP contribution is -2.32. The van der Waals surface area contributed by atoms with Gasteiger partial charge >= 0.3 is 0 Å². The number of carbonyl (C=O) groups excluding carboxylic acids is 1. The number of nitrogens with two attached hydrogens (primary N) is 1. The number of rotatable bonds is 3. The lowest BCUT2D eigenvalue weighted by atomic mass is 9.85. The minimum Gasteiger partial charge on any atom is -0.369 e. The van der Waals surface area contributed by atoms with Crippen LogP contribution in [-0.2, 0) is 4.79 Å². The van der Waals surface area contributed by atoms with E-state index < -0.39 is 0 Å². The third-order valence-corrected chi connectivity index (χ3v) is 4.01. The molecule has 106 valence electrons. The minimum atomic E-state index is -0.169. The van der Waals surface area contributed by atoms with Crippen LogP contribution in [0.1, 0.15) is 31.2 Å². The molecular formula is C14H19N5O. The predicted molar refractivity (Wildman–Crippen MR) is 76.3 cm³/mol. The van der Waals surface area contributed by atoms with Crippen molar-refractivity contribution in [2.24, 2.45) is 11.7 Å². The van der Waals surface area contributed by atoms with Gasteiger partial charge in [0.25, 0.3) is 0 Å². The molecule has 6 heteroatoms. The number of aryl methyl sites for hydroxylation is 1. The van der Waals surface area contributed by atoms with Gasteiger partial charge in [-0.25, -0.2) is 4.98 Å². The van der Waals surface area contributed by atoms with Gasteiger partial charge in [-0.2, -0.15) is 9.61 Å². The fourth-order valence-corrected chi connectivity index (χ4v) is 2.89. The Morgan fingerprint density at radius 3 is 2.80 bits per heavy atom. The lowest BCUT2D eigenvalue weighted by Gasteiger charge is -2.28. The molecular weight excluding hydrogens is 254 g/mol. The number of pyridine rings is 1. The van der Waals surface area contributed by atoms with Crippen LogP contribution in [0.3, 0.4) is 0 Å². The number of carbonyl (C=O) groups is 1. The molecule has 0 aliphatic heterocycles. The summed E-state index contributed by atoms with van der Waals surface area (Å²) >= 11 is 0. The van der Waals surface area contributed by atoms with E-state index in [1.54, 1.807) is 6.33 Å². The Kier molecular flexibility index (Phi) is 3.30. The van der Waals surface area contributed by atoms with Crippen LogP contribution in [-0.4, -0.2) is 26.5 Å². The first-order valence-electron chi connectivity index (χ1n) is 7.00. The molecule has 1 aliphatic carbocycles. The summed E-state index contributed by atoms with van der Waals surface area (Å²) in [6.45, 7) is 2.05. The zero-order valence-corrected chi connectivity index (χ0v) is 11.5. The van der Waals surface area contributed by atoms with Crippen molar-refractivity contribution >= 4 is 17.4 Å². The highest BCUT2D eigenvalue weighted by Gasteiger charge is 2.25. The molecule has 1 fully saturated rings. The van der Waals surface area contributed by atoms with Crippen molar-refractivity contribution in [1.29, 1.82) is 0 Å². The van der Waals surface area contributed by atoms with E-state index in [9.17, 15) is 4.79 Å². The van der Waals surface area contributed by atoms with E-state index in [0.29, 0.717) is 6.04 Å². The monoisotopic (exact) mass is 273 g/mol. The van der Waals surface area contributed by atoms with Crippen molar-refractivity contribution in [2.45, 2.75) is 38.6 Å². The molecule has 0 radical (unpaired) electrons. The van der Waals surface area contributed by atoms with Crippen LogP contribution in [0.5, 0.6) is 0 Å². The van der Waals surface area contributed by atoms with Gasteiger partial charge in [0.1, 0.15) is 12.1 Å². The number of aromatic nitrogens is 3. The second-order valence-corrected chi connectivity index (χ2v) is 5.54. The number of fused-ring (bicyclic) bond motifs is 1. The molecule has 0 atom stereocenters. The molecule has 1 saturated carbocycles. The molecule has 2 aromatic heterocycles. The summed E-state index contributed by atoms with van der Waals surface area (Å²) in [4.78, 5) is 15.4. The van der Waals surface area contributed by atoms with E-state index in [0.717, 1.165) is 42.7 Å². The maximum atomic E-state index is 11.2. The number of hydrogen-bond donors (Lipinski definition) is 2. The first-order valence-corrected chi connectivity index (χ1v) is 7.00. The van der Waals surface area contributed by atoms with E-state index in [-0.39, 0.29) is 11.8 Å². The molecule has 1 amide bonds. The van der Waals surface area contributed by atoms with Crippen molar-refractivity contribution in [3.8, 4) is 0 Å². The Morgan fingerprint density at radius 2 is 2.10 bits per heavy atom. The standard InChI is InChI=1S/C14H19N5O/c1-9-6-12-16-8-17-19(12)13(7-9)18-11-4-2-10(3-5-11)14(15)20/h6-8,10-11,18H,2-5H2,1H3,(H2,15,20). The van der Waals surface area contributed by atoms with Gasteiger partial charge in [0, 0.05) is 12.0 Å². The molecule has 0 aromatic carbocycles. The van der Waals surface area contributed by atoms with Gasteiger partial charge in [0.05, 0.1) is 0 Å². The fraction of sp³-hybridized carbons (Fsp3) is 0.500. The largest absolute Gasteiger partial charge is 0.369 e. The van der Waals surface area contributed by atoms with E-state index in [1.165, 1.54) is 0 Å². The predicted octanol–water partition coefficient (Wildman–Crippen LogP) is 1.49. The van der Waals surface area contributed by atoms with Gasteiger partial charge in [-0.3, -0.25) is 4.79 Å². The van der Waals surface area contributed by atoms with Crippen LogP contribution in [0.15, 0.2) is 18.5 Å². The number of nitrogens with one attached hydrogen (secondary N) is 1. The quantitative estimate of drug-likeness (QED) is 0.887. The second kappa shape index (κ2) is 5.11. The van der Waals surface area contributed by atoms with Gasteiger partial charge in [0.15, 0.2) is 5.65 Å². The van der Waals surface area contributed by atoms with Gasteiger partial charge in [0.2, 0.25) is 5.91 Å². The van der Waals surface area contributed by atoms with E-state index >= 15 is 0 Å². The van der Waals surface area contributed by atoms with Crippen LogP contribution in [0.2, 0.25) is 0 Å². The number of hydrogen-bond acceptors (Lipinski definition) is 4. The molecule has 2 heterocycles. The molecule has 0 unspecified atom stereocenters. The lowest BCUT2D eigenvalue weighted by molar-refractivity contribution is -0.122.